The molecular weight excluding hydrogens is 345 g/mol. The summed E-state index contributed by atoms with van der Waals surface area (Å²) in [5.74, 6) is -0.615. The molecule has 1 atom stereocenters. The molecule has 0 saturated carbocycles. The molecule has 0 bridgehead atoms. The summed E-state index contributed by atoms with van der Waals surface area (Å²) in [5.41, 5.74) is 8.31. The number of aryl methyl sites for hydroxylation is 1. The van der Waals surface area contributed by atoms with Crippen LogP contribution in [0.3, 0.4) is 0 Å². The van der Waals surface area contributed by atoms with E-state index in [1.54, 1.807) is 17.6 Å². The van der Waals surface area contributed by atoms with Gasteiger partial charge in [0, 0.05) is 23.7 Å². The van der Waals surface area contributed by atoms with Gasteiger partial charge in [-0.25, -0.2) is 8.91 Å². The van der Waals surface area contributed by atoms with Gasteiger partial charge in [-0.05, 0) is 51.0 Å². The Morgan fingerprint density at radius 2 is 2.11 bits per heavy atom. The van der Waals surface area contributed by atoms with Gasteiger partial charge in [0.25, 0.3) is 5.91 Å². The van der Waals surface area contributed by atoms with Gasteiger partial charge < -0.3 is 11.1 Å². The number of rotatable bonds is 6. The Kier molecular flexibility index (Phi) is 4.87. The van der Waals surface area contributed by atoms with Crippen LogP contribution in [0.25, 0.3) is 16.6 Å². The molecule has 0 fully saturated rings. The smallest absolute Gasteiger partial charge is 0.252 e. The number of carbonyl (C=O) groups excluding carboxylic acids is 1. The highest BCUT2D eigenvalue weighted by Crippen LogP contribution is 2.30. The first-order valence-corrected chi connectivity index (χ1v) is 8.92. The van der Waals surface area contributed by atoms with E-state index in [1.165, 1.54) is 20.0 Å². The van der Waals surface area contributed by atoms with E-state index in [1.807, 2.05) is 31.3 Å². The van der Waals surface area contributed by atoms with Crippen molar-refractivity contribution in [3.63, 3.8) is 0 Å². The maximum Gasteiger partial charge on any atom is 0.252 e. The molecule has 3 heterocycles. The van der Waals surface area contributed by atoms with Crippen LogP contribution in [0.15, 0.2) is 36.8 Å². The van der Waals surface area contributed by atoms with Crippen molar-refractivity contribution in [2.24, 2.45) is 5.73 Å². The second kappa shape index (κ2) is 6.98. The number of nitrogens with one attached hydrogen (secondary N) is 1. The predicted octanol–water partition coefficient (Wildman–Crippen LogP) is 3.61. The van der Waals surface area contributed by atoms with Crippen LogP contribution in [0.5, 0.6) is 0 Å². The van der Waals surface area contributed by atoms with Gasteiger partial charge in [0.05, 0.1) is 29.0 Å². The van der Waals surface area contributed by atoms with E-state index >= 15 is 0 Å². The van der Waals surface area contributed by atoms with Gasteiger partial charge in [-0.3, -0.25) is 9.78 Å². The topological polar surface area (TPSA) is 85.3 Å². The molecule has 0 aromatic carbocycles. The highest BCUT2D eigenvalue weighted by atomic mass is 19.1. The molecular formula is C20H24FN5O. The van der Waals surface area contributed by atoms with Gasteiger partial charge in [0.15, 0.2) is 0 Å². The molecule has 1 amide bonds. The zero-order chi connectivity index (χ0) is 19.8. The lowest BCUT2D eigenvalue weighted by Crippen LogP contribution is -2.36. The largest absolute Gasteiger partial charge is 0.377 e. The van der Waals surface area contributed by atoms with Crippen LogP contribution in [0, 0.1) is 0 Å². The van der Waals surface area contributed by atoms with Crippen LogP contribution >= 0.6 is 0 Å². The Hall–Kier alpha value is -2.96. The average molecular weight is 369 g/mol. The van der Waals surface area contributed by atoms with Crippen LogP contribution in [-0.4, -0.2) is 32.2 Å². The molecule has 0 aliphatic carbocycles. The molecule has 0 saturated heterocycles. The minimum absolute atomic E-state index is 0.229. The van der Waals surface area contributed by atoms with Crippen molar-refractivity contribution < 1.29 is 9.18 Å². The van der Waals surface area contributed by atoms with Gasteiger partial charge in [-0.1, -0.05) is 6.92 Å². The number of pyridine rings is 1. The molecule has 7 heteroatoms. The Morgan fingerprint density at radius 3 is 2.74 bits per heavy atom. The number of primary amides is 1. The quantitative estimate of drug-likeness (QED) is 0.695. The van der Waals surface area contributed by atoms with E-state index in [9.17, 15) is 9.18 Å². The molecule has 3 aromatic rings. The summed E-state index contributed by atoms with van der Waals surface area (Å²) < 4.78 is 16.0. The average Bonchev–Trinajstić information content (AvgIpc) is 3.05. The Morgan fingerprint density at radius 1 is 1.37 bits per heavy atom. The summed E-state index contributed by atoms with van der Waals surface area (Å²) >= 11 is 0. The molecule has 0 aliphatic heterocycles. The third-order valence-electron chi connectivity index (χ3n) is 4.81. The van der Waals surface area contributed by atoms with Crippen molar-refractivity contribution in [2.45, 2.75) is 45.8 Å². The van der Waals surface area contributed by atoms with Gasteiger partial charge in [0.1, 0.15) is 5.67 Å². The Bertz CT molecular complexity index is 990. The highest BCUT2D eigenvalue weighted by Gasteiger charge is 2.27. The first kappa shape index (κ1) is 18.8. The zero-order valence-electron chi connectivity index (χ0n) is 16.0. The van der Waals surface area contributed by atoms with Crippen molar-refractivity contribution in [3.8, 4) is 11.1 Å². The normalized spacial score (nSPS) is 12.9. The van der Waals surface area contributed by atoms with E-state index in [2.05, 4.69) is 15.4 Å². The summed E-state index contributed by atoms with van der Waals surface area (Å²) in [4.78, 5) is 16.2. The molecule has 3 aromatic heterocycles. The standard InChI is InChI=1S/C20H24FN5O/c1-5-15-8-13(6-7-23-15)14-9-17-18(25-12(2)20(3,4)21)16(19(22)27)10-24-26(17)11-14/h6-12,25H,5H2,1-4H3,(H2,22,27)/t12-/m1/s1. The summed E-state index contributed by atoms with van der Waals surface area (Å²) in [6.07, 6.45) is 5.88. The zero-order valence-corrected chi connectivity index (χ0v) is 16.0. The highest BCUT2D eigenvalue weighted by molar-refractivity contribution is 6.02. The number of anilines is 1. The lowest BCUT2D eigenvalue weighted by molar-refractivity contribution is 0.1000. The van der Waals surface area contributed by atoms with Crippen molar-refractivity contribution in [3.05, 3.63) is 48.0 Å². The molecule has 6 nitrogen and oxygen atoms in total. The summed E-state index contributed by atoms with van der Waals surface area (Å²) in [5, 5.41) is 7.40. The van der Waals surface area contributed by atoms with E-state index in [4.69, 9.17) is 5.73 Å². The number of fused-ring (bicyclic) bond motifs is 1. The second-order valence-electron chi connectivity index (χ2n) is 7.18. The number of amides is 1. The third-order valence-corrected chi connectivity index (χ3v) is 4.81. The number of alkyl halides is 1. The molecule has 3 rings (SSSR count). The number of nitrogens with two attached hydrogens (primary N) is 1. The van der Waals surface area contributed by atoms with Crippen molar-refractivity contribution in [1.82, 2.24) is 14.6 Å². The van der Waals surface area contributed by atoms with E-state index < -0.39 is 17.6 Å². The fourth-order valence-corrected chi connectivity index (χ4v) is 2.79. The fraction of sp³-hybridized carbons (Fsp3) is 0.350. The number of aromatic nitrogens is 3. The van der Waals surface area contributed by atoms with E-state index in [-0.39, 0.29) is 5.56 Å². The van der Waals surface area contributed by atoms with E-state index in [0.29, 0.717) is 11.2 Å². The lowest BCUT2D eigenvalue weighted by atomic mass is 10.0. The number of halogens is 1. The van der Waals surface area contributed by atoms with Crippen LogP contribution in [0.4, 0.5) is 10.1 Å². The van der Waals surface area contributed by atoms with Gasteiger partial charge in [0.2, 0.25) is 0 Å². The minimum atomic E-state index is -1.48. The second-order valence-corrected chi connectivity index (χ2v) is 7.18. The SMILES string of the molecule is CCc1cc(-c2cc3c(N[C@H](C)C(C)(C)F)c(C(N)=O)cnn3c2)ccn1. The summed E-state index contributed by atoms with van der Waals surface area (Å²) in [6.45, 7) is 6.74. The molecule has 0 aliphatic rings. The van der Waals surface area contributed by atoms with Crippen LogP contribution < -0.4 is 11.1 Å². The van der Waals surface area contributed by atoms with Gasteiger partial charge in [-0.15, -0.1) is 0 Å². The number of hydrogen-bond donors (Lipinski definition) is 2. The molecule has 0 spiro atoms. The van der Waals surface area contributed by atoms with Gasteiger partial charge in [-0.2, -0.15) is 5.10 Å². The molecule has 3 N–H and O–H groups in total. The molecule has 0 radical (unpaired) electrons. The fourth-order valence-electron chi connectivity index (χ4n) is 2.79. The Balaban J connectivity index is 2.15. The summed E-state index contributed by atoms with van der Waals surface area (Å²) in [6, 6.07) is 5.31. The number of nitrogens with zero attached hydrogens (tertiary/aromatic N) is 3. The monoisotopic (exact) mass is 369 g/mol. The maximum absolute atomic E-state index is 14.3. The van der Waals surface area contributed by atoms with Crippen LogP contribution in [-0.2, 0) is 6.42 Å². The first-order valence-electron chi connectivity index (χ1n) is 8.92. The number of carbonyl (C=O) groups is 1. The molecule has 27 heavy (non-hydrogen) atoms. The van der Waals surface area contributed by atoms with Crippen LogP contribution in [0.1, 0.15) is 43.7 Å². The van der Waals surface area contributed by atoms with Crippen molar-refractivity contribution >= 4 is 17.1 Å². The first-order chi connectivity index (χ1) is 12.7. The van der Waals surface area contributed by atoms with E-state index in [0.717, 1.165) is 23.2 Å². The van der Waals surface area contributed by atoms with Crippen LogP contribution in [0.2, 0.25) is 0 Å². The summed E-state index contributed by atoms with van der Waals surface area (Å²) in [7, 11) is 0. The molecule has 0 unspecified atom stereocenters. The Labute approximate surface area is 157 Å². The van der Waals surface area contributed by atoms with Gasteiger partial charge >= 0.3 is 0 Å². The van der Waals surface area contributed by atoms with Crippen molar-refractivity contribution in [1.29, 1.82) is 0 Å². The maximum atomic E-state index is 14.3. The predicted molar refractivity (Wildman–Crippen MR) is 105 cm³/mol. The van der Waals surface area contributed by atoms with Crippen molar-refractivity contribution in [2.75, 3.05) is 5.32 Å². The minimum Gasteiger partial charge on any atom is -0.377 e. The lowest BCUT2D eigenvalue weighted by Gasteiger charge is -2.26. The molecule has 142 valence electrons. The number of hydrogen-bond acceptors (Lipinski definition) is 4. The third kappa shape index (κ3) is 3.77.